The molecular weight excluding hydrogens is 356 g/mol. The Kier molecular flexibility index (Phi) is 6.99. The van der Waals surface area contributed by atoms with Crippen LogP contribution in [0.2, 0.25) is 0 Å². The molecule has 1 N–H and O–H groups in total. The van der Waals surface area contributed by atoms with Crippen molar-refractivity contribution < 1.29 is 14.1 Å². The summed E-state index contributed by atoms with van der Waals surface area (Å²) in [5, 5.41) is 7.23. The van der Waals surface area contributed by atoms with Crippen molar-refractivity contribution in [2.75, 3.05) is 13.1 Å². The van der Waals surface area contributed by atoms with E-state index in [2.05, 4.69) is 29.3 Å². The lowest BCUT2D eigenvalue weighted by atomic mass is 10.1. The molecule has 1 aliphatic rings. The standard InChI is InChI=1S/C18H24N4O3.ClH/c1-4-17-20-16(21-25-17)11-24-15-7-5-14(6-8-15)18(23)22-10-9-19-12(2)13(22)3;/h5-8,12-13,19H,4,9-11H2,1-3H3;1H. The first kappa shape index (κ1) is 20.2. The van der Waals surface area contributed by atoms with E-state index < -0.39 is 0 Å². The van der Waals surface area contributed by atoms with Crippen LogP contribution in [0, 0.1) is 0 Å². The zero-order chi connectivity index (χ0) is 17.8. The van der Waals surface area contributed by atoms with Crippen LogP contribution in [0.15, 0.2) is 28.8 Å². The molecule has 2 heterocycles. The van der Waals surface area contributed by atoms with Gasteiger partial charge in [0.1, 0.15) is 5.75 Å². The van der Waals surface area contributed by atoms with Crippen LogP contribution in [0.25, 0.3) is 0 Å². The summed E-state index contributed by atoms with van der Waals surface area (Å²) in [4.78, 5) is 18.8. The van der Waals surface area contributed by atoms with Gasteiger partial charge in [-0.2, -0.15) is 4.98 Å². The first-order valence-corrected chi connectivity index (χ1v) is 8.67. The molecule has 1 saturated heterocycles. The van der Waals surface area contributed by atoms with Gasteiger partial charge in [0.15, 0.2) is 6.61 Å². The molecule has 0 aliphatic carbocycles. The van der Waals surface area contributed by atoms with E-state index in [1.807, 2.05) is 11.8 Å². The number of nitrogens with one attached hydrogen (secondary N) is 1. The van der Waals surface area contributed by atoms with Crippen molar-refractivity contribution in [1.82, 2.24) is 20.4 Å². The highest BCUT2D eigenvalue weighted by molar-refractivity contribution is 5.94. The number of piperazine rings is 1. The predicted octanol–water partition coefficient (Wildman–Crippen LogP) is 2.46. The molecule has 0 bridgehead atoms. The van der Waals surface area contributed by atoms with E-state index in [1.54, 1.807) is 24.3 Å². The van der Waals surface area contributed by atoms with Crippen LogP contribution in [0.4, 0.5) is 0 Å². The molecule has 1 aliphatic heterocycles. The van der Waals surface area contributed by atoms with Gasteiger partial charge in [-0.3, -0.25) is 4.79 Å². The lowest BCUT2D eigenvalue weighted by Gasteiger charge is -2.38. The Hall–Kier alpha value is -2.12. The molecule has 142 valence electrons. The third kappa shape index (κ3) is 4.53. The normalized spacial score (nSPS) is 19.7. The van der Waals surface area contributed by atoms with Crippen LogP contribution in [0.1, 0.15) is 42.8 Å². The largest absolute Gasteiger partial charge is 0.485 e. The quantitative estimate of drug-likeness (QED) is 0.858. The van der Waals surface area contributed by atoms with Crippen LogP contribution in [-0.2, 0) is 13.0 Å². The zero-order valence-electron chi connectivity index (χ0n) is 15.3. The van der Waals surface area contributed by atoms with Crippen LogP contribution < -0.4 is 10.1 Å². The number of aryl methyl sites for hydroxylation is 1. The first-order valence-electron chi connectivity index (χ1n) is 8.67. The van der Waals surface area contributed by atoms with Gasteiger partial charge in [-0.15, -0.1) is 12.4 Å². The number of hydrogen-bond acceptors (Lipinski definition) is 6. The second-order valence-corrected chi connectivity index (χ2v) is 6.25. The van der Waals surface area contributed by atoms with Gasteiger partial charge in [0, 0.05) is 37.2 Å². The first-order chi connectivity index (χ1) is 12.1. The van der Waals surface area contributed by atoms with E-state index in [-0.39, 0.29) is 31.0 Å². The molecule has 2 atom stereocenters. The van der Waals surface area contributed by atoms with E-state index >= 15 is 0 Å². The molecule has 1 aromatic heterocycles. The molecule has 1 amide bonds. The van der Waals surface area contributed by atoms with Gasteiger partial charge in [-0.05, 0) is 38.1 Å². The molecule has 0 spiro atoms. The van der Waals surface area contributed by atoms with E-state index in [0.29, 0.717) is 35.5 Å². The van der Waals surface area contributed by atoms with E-state index in [4.69, 9.17) is 9.26 Å². The third-order valence-electron chi connectivity index (χ3n) is 4.58. The van der Waals surface area contributed by atoms with Crippen molar-refractivity contribution >= 4 is 18.3 Å². The average Bonchev–Trinajstić information content (AvgIpc) is 3.10. The average molecular weight is 381 g/mol. The second kappa shape index (κ2) is 9.00. The van der Waals surface area contributed by atoms with Crippen molar-refractivity contribution in [1.29, 1.82) is 0 Å². The van der Waals surface area contributed by atoms with Gasteiger partial charge < -0.3 is 19.5 Å². The number of carbonyl (C=O) groups excluding carboxylic acids is 1. The number of amides is 1. The Morgan fingerprint density at radius 2 is 2.08 bits per heavy atom. The number of hydrogen-bond donors (Lipinski definition) is 1. The van der Waals surface area contributed by atoms with Crippen molar-refractivity contribution in [3.63, 3.8) is 0 Å². The topological polar surface area (TPSA) is 80.5 Å². The SMILES string of the molecule is CCc1nc(COc2ccc(C(=O)N3CCNC(C)C3C)cc2)no1.Cl. The van der Waals surface area contributed by atoms with E-state index in [1.165, 1.54) is 0 Å². The summed E-state index contributed by atoms with van der Waals surface area (Å²) in [6, 6.07) is 7.65. The van der Waals surface area contributed by atoms with Gasteiger partial charge in [-0.25, -0.2) is 0 Å². The summed E-state index contributed by atoms with van der Waals surface area (Å²) in [5.41, 5.74) is 0.668. The van der Waals surface area contributed by atoms with Gasteiger partial charge in [0.25, 0.3) is 5.91 Å². The fourth-order valence-electron chi connectivity index (χ4n) is 2.84. The van der Waals surface area contributed by atoms with Gasteiger partial charge in [0.2, 0.25) is 11.7 Å². The highest BCUT2D eigenvalue weighted by Crippen LogP contribution is 2.18. The van der Waals surface area contributed by atoms with Gasteiger partial charge in [-0.1, -0.05) is 12.1 Å². The number of aromatic nitrogens is 2. The van der Waals surface area contributed by atoms with Gasteiger partial charge in [0.05, 0.1) is 0 Å². The van der Waals surface area contributed by atoms with Crippen molar-refractivity contribution in [2.24, 2.45) is 0 Å². The second-order valence-electron chi connectivity index (χ2n) is 6.25. The highest BCUT2D eigenvalue weighted by atomic mass is 35.5. The molecule has 2 unspecified atom stereocenters. The molecule has 8 heteroatoms. The lowest BCUT2D eigenvalue weighted by Crippen LogP contribution is -2.57. The number of ether oxygens (including phenoxy) is 1. The molecule has 0 saturated carbocycles. The monoisotopic (exact) mass is 380 g/mol. The maximum atomic E-state index is 12.7. The summed E-state index contributed by atoms with van der Waals surface area (Å²) in [6.45, 7) is 7.91. The van der Waals surface area contributed by atoms with Gasteiger partial charge >= 0.3 is 0 Å². The molecular formula is C18H25ClN4O3. The Morgan fingerprint density at radius 3 is 2.73 bits per heavy atom. The van der Waals surface area contributed by atoms with Crippen molar-refractivity contribution in [3.8, 4) is 5.75 Å². The number of benzene rings is 1. The maximum Gasteiger partial charge on any atom is 0.254 e. The molecule has 7 nitrogen and oxygen atoms in total. The Balaban J connectivity index is 0.00000243. The minimum absolute atomic E-state index is 0. The predicted molar refractivity (Wildman–Crippen MR) is 99.7 cm³/mol. The minimum Gasteiger partial charge on any atom is -0.485 e. The van der Waals surface area contributed by atoms with Crippen LogP contribution in [0.5, 0.6) is 5.75 Å². The van der Waals surface area contributed by atoms with Crippen molar-refractivity contribution in [2.45, 2.75) is 45.9 Å². The molecule has 0 radical (unpaired) electrons. The van der Waals surface area contributed by atoms with E-state index in [0.717, 1.165) is 13.1 Å². The van der Waals surface area contributed by atoms with E-state index in [9.17, 15) is 4.79 Å². The summed E-state index contributed by atoms with van der Waals surface area (Å²) >= 11 is 0. The smallest absolute Gasteiger partial charge is 0.254 e. The van der Waals surface area contributed by atoms with Crippen LogP contribution in [-0.4, -0.2) is 46.1 Å². The third-order valence-corrected chi connectivity index (χ3v) is 4.58. The molecule has 1 fully saturated rings. The Labute approximate surface area is 159 Å². The Morgan fingerprint density at radius 1 is 1.35 bits per heavy atom. The minimum atomic E-state index is 0. The fourth-order valence-corrected chi connectivity index (χ4v) is 2.84. The number of carbonyl (C=O) groups is 1. The van der Waals surface area contributed by atoms with Crippen LogP contribution >= 0.6 is 12.4 Å². The molecule has 1 aromatic carbocycles. The van der Waals surface area contributed by atoms with Crippen LogP contribution in [0.3, 0.4) is 0 Å². The lowest BCUT2D eigenvalue weighted by molar-refractivity contribution is 0.0603. The molecule has 3 rings (SSSR count). The number of halogens is 1. The Bertz CT molecular complexity index is 719. The number of nitrogens with zero attached hydrogens (tertiary/aromatic N) is 3. The maximum absolute atomic E-state index is 12.7. The number of rotatable bonds is 5. The summed E-state index contributed by atoms with van der Waals surface area (Å²) < 4.78 is 10.7. The molecule has 2 aromatic rings. The summed E-state index contributed by atoms with van der Waals surface area (Å²) in [5.74, 6) is 1.83. The summed E-state index contributed by atoms with van der Waals surface area (Å²) in [7, 11) is 0. The van der Waals surface area contributed by atoms with Crippen molar-refractivity contribution in [3.05, 3.63) is 41.5 Å². The fraction of sp³-hybridized carbons (Fsp3) is 0.500. The highest BCUT2D eigenvalue weighted by Gasteiger charge is 2.28. The summed E-state index contributed by atoms with van der Waals surface area (Å²) in [6.07, 6.45) is 0.701. The zero-order valence-corrected chi connectivity index (χ0v) is 16.1. The molecule has 26 heavy (non-hydrogen) atoms.